The molecule has 0 aliphatic rings. The fourth-order valence-electron chi connectivity index (χ4n) is 1.91. The van der Waals surface area contributed by atoms with Crippen molar-refractivity contribution in [3.8, 4) is 0 Å². The van der Waals surface area contributed by atoms with Crippen LogP contribution in [0.15, 0.2) is 71.3 Å². The van der Waals surface area contributed by atoms with Gasteiger partial charge in [0, 0.05) is 6.20 Å². The van der Waals surface area contributed by atoms with Crippen LogP contribution in [0.2, 0.25) is 0 Å². The monoisotopic (exact) mass is 389 g/mol. The van der Waals surface area contributed by atoms with E-state index in [1.54, 1.807) is 0 Å². The molecule has 0 aliphatic heterocycles. The lowest BCUT2D eigenvalue weighted by atomic mass is 10.3. The number of hydrogen-bond acceptors (Lipinski definition) is 4. The molecular weight excluding hydrogens is 375 g/mol. The van der Waals surface area contributed by atoms with Crippen LogP contribution in [0.3, 0.4) is 0 Å². The Bertz CT molecular complexity index is 981. The normalized spacial score (nSPS) is 13.0. The summed E-state index contributed by atoms with van der Waals surface area (Å²) in [5, 5.41) is 8.98. The van der Waals surface area contributed by atoms with E-state index >= 15 is 0 Å². The Labute approximate surface area is 157 Å². The fraction of sp³-hybridized carbons (Fsp3) is 0.0556. The summed E-state index contributed by atoms with van der Waals surface area (Å²) in [5.41, 5.74) is 4.47. The molecule has 28 heavy (non-hydrogen) atoms. The van der Waals surface area contributed by atoms with E-state index in [0.717, 1.165) is 12.1 Å². The topological polar surface area (TPSA) is 114 Å². The summed E-state index contributed by atoms with van der Waals surface area (Å²) in [7, 11) is 0. The molecule has 3 N–H and O–H groups in total. The van der Waals surface area contributed by atoms with Crippen molar-refractivity contribution >= 4 is 23.3 Å². The van der Waals surface area contributed by atoms with Gasteiger partial charge in [0.05, 0.1) is 5.69 Å². The van der Waals surface area contributed by atoms with Crippen molar-refractivity contribution in [2.45, 2.75) is 6.18 Å². The zero-order valence-electron chi connectivity index (χ0n) is 14.3. The van der Waals surface area contributed by atoms with Crippen molar-refractivity contribution in [3.63, 3.8) is 0 Å². The SMILES string of the molecule is C=C/C=C/C(=Nc1ccnc(C(=O)O)c1)N=C(N)c1cccc(C(F)(F)F)n1. The van der Waals surface area contributed by atoms with Gasteiger partial charge in [0.25, 0.3) is 0 Å². The summed E-state index contributed by atoms with van der Waals surface area (Å²) < 4.78 is 38.4. The van der Waals surface area contributed by atoms with Gasteiger partial charge in [-0.15, -0.1) is 0 Å². The summed E-state index contributed by atoms with van der Waals surface area (Å²) in [4.78, 5) is 26.3. The summed E-state index contributed by atoms with van der Waals surface area (Å²) in [6, 6.07) is 5.89. The van der Waals surface area contributed by atoms with E-state index in [2.05, 4.69) is 26.5 Å². The maximum absolute atomic E-state index is 12.8. The number of aromatic carboxylic acids is 1. The zero-order valence-corrected chi connectivity index (χ0v) is 14.3. The average molecular weight is 389 g/mol. The number of allylic oxidation sites excluding steroid dienone is 2. The smallest absolute Gasteiger partial charge is 0.433 e. The first kappa shape index (κ1) is 20.5. The Kier molecular flexibility index (Phi) is 6.38. The van der Waals surface area contributed by atoms with Gasteiger partial charge >= 0.3 is 12.1 Å². The number of amidine groups is 2. The number of aromatic nitrogens is 2. The van der Waals surface area contributed by atoms with Crippen LogP contribution in [0.5, 0.6) is 0 Å². The molecule has 144 valence electrons. The van der Waals surface area contributed by atoms with E-state index in [4.69, 9.17) is 10.8 Å². The summed E-state index contributed by atoms with van der Waals surface area (Å²) >= 11 is 0. The molecule has 0 saturated carbocycles. The maximum atomic E-state index is 12.8. The molecule has 0 bridgehead atoms. The maximum Gasteiger partial charge on any atom is 0.433 e. The first-order valence-corrected chi connectivity index (χ1v) is 7.66. The van der Waals surface area contributed by atoms with Crippen LogP contribution < -0.4 is 5.73 Å². The average Bonchev–Trinajstić information content (AvgIpc) is 2.65. The molecule has 2 aromatic rings. The van der Waals surface area contributed by atoms with Gasteiger partial charge in [-0.2, -0.15) is 13.2 Å². The van der Waals surface area contributed by atoms with E-state index in [1.165, 1.54) is 42.6 Å². The molecule has 0 atom stereocenters. The van der Waals surface area contributed by atoms with Gasteiger partial charge < -0.3 is 10.8 Å². The van der Waals surface area contributed by atoms with Gasteiger partial charge in [-0.1, -0.05) is 24.8 Å². The van der Waals surface area contributed by atoms with Crippen molar-refractivity contribution in [3.05, 3.63) is 78.4 Å². The second kappa shape index (κ2) is 8.71. The number of rotatable bonds is 5. The van der Waals surface area contributed by atoms with Crippen molar-refractivity contribution in [2.24, 2.45) is 15.7 Å². The Morgan fingerprint density at radius 2 is 2.00 bits per heavy atom. The number of hydrogen-bond donors (Lipinski definition) is 2. The summed E-state index contributed by atoms with van der Waals surface area (Å²) in [6.45, 7) is 3.51. The molecule has 0 saturated heterocycles. The second-order valence-electron chi connectivity index (χ2n) is 5.17. The van der Waals surface area contributed by atoms with E-state index in [9.17, 15) is 18.0 Å². The Morgan fingerprint density at radius 3 is 2.64 bits per heavy atom. The molecular formula is C18H14F3N5O2. The number of nitrogens with zero attached hydrogens (tertiary/aromatic N) is 4. The van der Waals surface area contributed by atoms with Gasteiger partial charge in [0.1, 0.15) is 17.1 Å². The van der Waals surface area contributed by atoms with Gasteiger partial charge in [-0.05, 0) is 30.3 Å². The van der Waals surface area contributed by atoms with Gasteiger partial charge in [-0.25, -0.2) is 24.7 Å². The minimum Gasteiger partial charge on any atom is -0.477 e. The highest BCUT2D eigenvalue weighted by Crippen LogP contribution is 2.27. The van der Waals surface area contributed by atoms with Crippen molar-refractivity contribution in [1.29, 1.82) is 0 Å². The minimum atomic E-state index is -4.62. The molecule has 0 spiro atoms. The largest absolute Gasteiger partial charge is 0.477 e. The van der Waals surface area contributed by atoms with E-state index in [0.29, 0.717) is 0 Å². The van der Waals surface area contributed by atoms with Crippen molar-refractivity contribution in [2.75, 3.05) is 0 Å². The van der Waals surface area contributed by atoms with Crippen LogP contribution in [0, 0.1) is 0 Å². The predicted octanol–water partition coefficient (Wildman–Crippen LogP) is 3.37. The van der Waals surface area contributed by atoms with Crippen LogP contribution in [0.1, 0.15) is 21.9 Å². The molecule has 0 radical (unpaired) electrons. The first-order chi connectivity index (χ1) is 13.2. The lowest BCUT2D eigenvalue weighted by Crippen LogP contribution is -2.19. The van der Waals surface area contributed by atoms with E-state index < -0.39 is 17.8 Å². The molecule has 2 heterocycles. The Hall–Kier alpha value is -3.82. The van der Waals surface area contributed by atoms with Crippen LogP contribution in [0.4, 0.5) is 18.9 Å². The highest BCUT2D eigenvalue weighted by molar-refractivity contribution is 6.08. The number of aliphatic imine (C=N–C) groups is 2. The number of halogens is 3. The first-order valence-electron chi connectivity index (χ1n) is 7.66. The lowest BCUT2D eigenvalue weighted by Gasteiger charge is -2.07. The Morgan fingerprint density at radius 1 is 1.25 bits per heavy atom. The number of pyridine rings is 2. The molecule has 0 aromatic carbocycles. The van der Waals surface area contributed by atoms with E-state index in [1.807, 2.05) is 0 Å². The number of carboxylic acids is 1. The van der Waals surface area contributed by atoms with E-state index in [-0.39, 0.29) is 28.7 Å². The summed E-state index contributed by atoms with van der Waals surface area (Å²) in [5.74, 6) is -1.54. The number of alkyl halides is 3. The second-order valence-corrected chi connectivity index (χ2v) is 5.17. The zero-order chi connectivity index (χ0) is 20.7. The van der Waals surface area contributed by atoms with Crippen LogP contribution in [-0.2, 0) is 6.18 Å². The molecule has 2 aromatic heterocycles. The van der Waals surface area contributed by atoms with Gasteiger partial charge in [0.15, 0.2) is 11.7 Å². The van der Waals surface area contributed by atoms with Crippen molar-refractivity contribution in [1.82, 2.24) is 9.97 Å². The third-order valence-corrected chi connectivity index (χ3v) is 3.12. The number of nitrogens with two attached hydrogens (primary N) is 1. The predicted molar refractivity (Wildman–Crippen MR) is 97.6 cm³/mol. The molecule has 0 amide bonds. The molecule has 10 heteroatoms. The highest BCUT2D eigenvalue weighted by atomic mass is 19.4. The van der Waals surface area contributed by atoms with Crippen LogP contribution in [0.25, 0.3) is 0 Å². The third kappa shape index (κ3) is 5.59. The molecule has 2 rings (SSSR count). The minimum absolute atomic E-state index is 0.000787. The standard InChI is InChI=1S/C18H14F3N5O2/c1-2-3-7-15(24-11-8-9-23-13(10-11)17(27)28)26-16(22)12-5-4-6-14(25-12)18(19,20)21/h2-10H,1H2,(H,27,28)(H2,22,23,24,26)/b7-3+. The molecule has 0 aliphatic carbocycles. The molecule has 0 fully saturated rings. The lowest BCUT2D eigenvalue weighted by molar-refractivity contribution is -0.141. The van der Waals surface area contributed by atoms with Crippen LogP contribution >= 0.6 is 0 Å². The van der Waals surface area contributed by atoms with Crippen molar-refractivity contribution < 1.29 is 23.1 Å². The van der Waals surface area contributed by atoms with Gasteiger partial charge in [-0.3, -0.25) is 0 Å². The molecule has 0 unspecified atom stereocenters. The Balaban J connectivity index is 2.46. The molecule has 7 nitrogen and oxygen atoms in total. The number of carboxylic acid groups (broad SMARTS) is 1. The third-order valence-electron chi connectivity index (χ3n) is 3.12. The van der Waals surface area contributed by atoms with Gasteiger partial charge in [0.2, 0.25) is 0 Å². The summed E-state index contributed by atoms with van der Waals surface area (Å²) in [6.07, 6.45) is 0.931. The fourth-order valence-corrected chi connectivity index (χ4v) is 1.91. The highest BCUT2D eigenvalue weighted by Gasteiger charge is 2.32. The number of carbonyl (C=O) groups is 1. The van der Waals surface area contributed by atoms with Crippen LogP contribution in [-0.4, -0.2) is 32.7 Å². The quantitative estimate of drug-likeness (QED) is 0.462.